The molecule has 0 radical (unpaired) electrons. The second kappa shape index (κ2) is 7.58. The molecule has 1 aromatic carbocycles. The van der Waals surface area contributed by atoms with Crippen LogP contribution in [-0.2, 0) is 11.3 Å². The van der Waals surface area contributed by atoms with Gasteiger partial charge in [0.05, 0.1) is 12.7 Å². The van der Waals surface area contributed by atoms with Crippen LogP contribution in [0.15, 0.2) is 29.8 Å². The van der Waals surface area contributed by atoms with Gasteiger partial charge in [-0.15, -0.1) is 0 Å². The number of nitrogens with zero attached hydrogens (tertiary/aromatic N) is 1. The van der Waals surface area contributed by atoms with Crippen molar-refractivity contribution < 1.29 is 9.84 Å². The summed E-state index contributed by atoms with van der Waals surface area (Å²) >= 11 is 0. The highest BCUT2D eigenvalue weighted by molar-refractivity contribution is 5.56. The molecule has 0 bridgehead atoms. The molecule has 2 rings (SSSR count). The molecule has 0 saturated carbocycles. The van der Waals surface area contributed by atoms with Gasteiger partial charge in [0.2, 0.25) is 0 Å². The third kappa shape index (κ3) is 4.44. The van der Waals surface area contributed by atoms with Crippen LogP contribution in [0.4, 0.5) is 0 Å². The summed E-state index contributed by atoms with van der Waals surface area (Å²) in [7, 11) is 1.73. The van der Waals surface area contributed by atoms with E-state index in [-0.39, 0.29) is 6.10 Å². The monoisotopic (exact) mass is 275 g/mol. The summed E-state index contributed by atoms with van der Waals surface area (Å²) in [4.78, 5) is 2.41. The van der Waals surface area contributed by atoms with Crippen molar-refractivity contribution in [3.8, 4) is 0 Å². The maximum atomic E-state index is 9.54. The summed E-state index contributed by atoms with van der Waals surface area (Å²) in [6.07, 6.45) is 3.94. The van der Waals surface area contributed by atoms with E-state index < -0.39 is 0 Å². The summed E-state index contributed by atoms with van der Waals surface area (Å²) < 4.78 is 5.24. The molecule has 1 heterocycles. The van der Waals surface area contributed by atoms with Crippen LogP contribution in [-0.4, -0.2) is 42.9 Å². The van der Waals surface area contributed by atoms with E-state index in [4.69, 9.17) is 4.74 Å². The number of aliphatic hydroxyl groups excluding tert-OH is 1. The van der Waals surface area contributed by atoms with Crippen molar-refractivity contribution in [2.24, 2.45) is 0 Å². The molecule has 110 valence electrons. The van der Waals surface area contributed by atoms with Crippen molar-refractivity contribution in [2.75, 3.05) is 26.7 Å². The van der Waals surface area contributed by atoms with Gasteiger partial charge >= 0.3 is 0 Å². The third-order valence-corrected chi connectivity index (χ3v) is 3.79. The molecule has 1 aromatic rings. The molecule has 0 atom stereocenters. The molecule has 3 nitrogen and oxygen atoms in total. The minimum atomic E-state index is -0.0991. The molecule has 1 fully saturated rings. The van der Waals surface area contributed by atoms with Gasteiger partial charge in [0, 0.05) is 26.7 Å². The summed E-state index contributed by atoms with van der Waals surface area (Å²) in [6.45, 7) is 5.79. The first-order valence-corrected chi connectivity index (χ1v) is 7.33. The maximum absolute atomic E-state index is 9.54. The first-order valence-electron chi connectivity index (χ1n) is 7.33. The van der Waals surface area contributed by atoms with Crippen molar-refractivity contribution in [1.29, 1.82) is 0 Å². The molecule has 1 saturated heterocycles. The standard InChI is InChI=1S/C17H25NO2/c1-14(12-18-9-7-17(19)8-10-18)11-15-5-3-4-6-16(15)13-20-2/h3-6,11,17,19H,7-10,12-13H2,1-2H3. The Morgan fingerprint density at radius 3 is 2.75 bits per heavy atom. The van der Waals surface area contributed by atoms with Gasteiger partial charge in [0.15, 0.2) is 0 Å². The fourth-order valence-electron chi connectivity index (χ4n) is 2.70. The molecule has 1 N–H and O–H groups in total. The number of benzene rings is 1. The zero-order chi connectivity index (χ0) is 14.4. The van der Waals surface area contributed by atoms with E-state index in [1.165, 1.54) is 16.7 Å². The lowest BCUT2D eigenvalue weighted by molar-refractivity contribution is 0.0870. The van der Waals surface area contributed by atoms with E-state index >= 15 is 0 Å². The Hall–Kier alpha value is -1.16. The lowest BCUT2D eigenvalue weighted by Crippen LogP contribution is -2.36. The van der Waals surface area contributed by atoms with Gasteiger partial charge < -0.3 is 9.84 Å². The number of methoxy groups -OCH3 is 1. The minimum Gasteiger partial charge on any atom is -0.393 e. The van der Waals surface area contributed by atoms with E-state index in [0.717, 1.165) is 32.5 Å². The molecular weight excluding hydrogens is 250 g/mol. The second-order valence-corrected chi connectivity index (χ2v) is 5.63. The van der Waals surface area contributed by atoms with E-state index in [9.17, 15) is 5.11 Å². The predicted octanol–water partition coefficient (Wildman–Crippen LogP) is 2.69. The Bertz CT molecular complexity index is 448. The number of aliphatic hydroxyl groups is 1. The van der Waals surface area contributed by atoms with E-state index in [0.29, 0.717) is 6.61 Å². The second-order valence-electron chi connectivity index (χ2n) is 5.63. The van der Waals surface area contributed by atoms with Crippen LogP contribution in [0.25, 0.3) is 6.08 Å². The normalized spacial score (nSPS) is 18.4. The molecule has 0 spiro atoms. The lowest BCUT2D eigenvalue weighted by Gasteiger charge is -2.29. The van der Waals surface area contributed by atoms with Crippen molar-refractivity contribution in [3.05, 3.63) is 41.0 Å². The topological polar surface area (TPSA) is 32.7 Å². The van der Waals surface area contributed by atoms with Gasteiger partial charge in [-0.1, -0.05) is 35.9 Å². The first kappa shape index (κ1) is 15.2. The Kier molecular flexibility index (Phi) is 5.77. The molecule has 3 heteroatoms. The highest BCUT2D eigenvalue weighted by Gasteiger charge is 2.16. The van der Waals surface area contributed by atoms with Gasteiger partial charge in [0.25, 0.3) is 0 Å². The van der Waals surface area contributed by atoms with Crippen molar-refractivity contribution in [3.63, 3.8) is 0 Å². The van der Waals surface area contributed by atoms with Gasteiger partial charge in [0.1, 0.15) is 0 Å². The molecule has 0 aliphatic carbocycles. The summed E-state index contributed by atoms with van der Waals surface area (Å²) in [5.41, 5.74) is 3.82. The van der Waals surface area contributed by atoms with Crippen LogP contribution in [0, 0.1) is 0 Å². The number of likely N-dealkylation sites (tertiary alicyclic amines) is 1. The van der Waals surface area contributed by atoms with Crippen LogP contribution in [0.2, 0.25) is 0 Å². The maximum Gasteiger partial charge on any atom is 0.0718 e. The molecule has 0 aromatic heterocycles. The zero-order valence-corrected chi connectivity index (χ0v) is 12.5. The Morgan fingerprint density at radius 2 is 2.05 bits per heavy atom. The van der Waals surface area contributed by atoms with Gasteiger partial charge in [-0.05, 0) is 30.9 Å². The quantitative estimate of drug-likeness (QED) is 0.897. The Morgan fingerprint density at radius 1 is 1.35 bits per heavy atom. The van der Waals surface area contributed by atoms with Crippen LogP contribution < -0.4 is 0 Å². The summed E-state index contributed by atoms with van der Waals surface area (Å²) in [6, 6.07) is 8.36. The van der Waals surface area contributed by atoms with Crippen LogP contribution in [0.3, 0.4) is 0 Å². The summed E-state index contributed by atoms with van der Waals surface area (Å²) in [5.74, 6) is 0. The number of ether oxygens (including phenoxy) is 1. The molecule has 0 unspecified atom stereocenters. The van der Waals surface area contributed by atoms with Crippen LogP contribution in [0.5, 0.6) is 0 Å². The molecule has 1 aliphatic heterocycles. The SMILES string of the molecule is COCc1ccccc1C=C(C)CN1CCC(O)CC1. The Labute approximate surface area is 121 Å². The number of piperidine rings is 1. The van der Waals surface area contributed by atoms with Gasteiger partial charge in [-0.2, -0.15) is 0 Å². The lowest BCUT2D eigenvalue weighted by atomic mass is 10.0. The number of hydrogen-bond acceptors (Lipinski definition) is 3. The van der Waals surface area contributed by atoms with Crippen molar-refractivity contribution >= 4 is 6.08 Å². The molecule has 1 aliphatic rings. The van der Waals surface area contributed by atoms with E-state index in [1.807, 2.05) is 6.07 Å². The minimum absolute atomic E-state index is 0.0991. The van der Waals surface area contributed by atoms with Gasteiger partial charge in [-0.25, -0.2) is 0 Å². The fraction of sp³-hybridized carbons (Fsp3) is 0.529. The van der Waals surface area contributed by atoms with Crippen LogP contribution in [0.1, 0.15) is 30.9 Å². The Balaban J connectivity index is 1.99. The molecule has 0 amide bonds. The van der Waals surface area contributed by atoms with Crippen LogP contribution >= 0.6 is 0 Å². The molecular formula is C17H25NO2. The predicted molar refractivity (Wildman–Crippen MR) is 82.5 cm³/mol. The van der Waals surface area contributed by atoms with Gasteiger partial charge in [-0.3, -0.25) is 4.90 Å². The fourth-order valence-corrected chi connectivity index (χ4v) is 2.70. The highest BCUT2D eigenvalue weighted by Crippen LogP contribution is 2.16. The van der Waals surface area contributed by atoms with E-state index in [1.54, 1.807) is 7.11 Å². The van der Waals surface area contributed by atoms with Crippen molar-refractivity contribution in [2.45, 2.75) is 32.5 Å². The smallest absolute Gasteiger partial charge is 0.0718 e. The van der Waals surface area contributed by atoms with E-state index in [2.05, 4.69) is 36.1 Å². The third-order valence-electron chi connectivity index (χ3n) is 3.79. The highest BCUT2D eigenvalue weighted by atomic mass is 16.5. The number of rotatable bonds is 5. The number of hydrogen-bond donors (Lipinski definition) is 1. The first-order chi connectivity index (χ1) is 9.69. The average Bonchev–Trinajstić information content (AvgIpc) is 2.44. The zero-order valence-electron chi connectivity index (χ0n) is 12.5. The van der Waals surface area contributed by atoms with Crippen molar-refractivity contribution in [1.82, 2.24) is 4.90 Å². The molecule has 20 heavy (non-hydrogen) atoms. The largest absolute Gasteiger partial charge is 0.393 e. The average molecular weight is 275 g/mol. The summed E-state index contributed by atoms with van der Waals surface area (Å²) in [5, 5.41) is 9.54.